The summed E-state index contributed by atoms with van der Waals surface area (Å²) in [5.74, 6) is 0.0578. The second kappa shape index (κ2) is 4.89. The van der Waals surface area contributed by atoms with Gasteiger partial charge in [0.05, 0.1) is 5.41 Å². The van der Waals surface area contributed by atoms with Crippen molar-refractivity contribution in [3.8, 4) is 0 Å². The maximum Gasteiger partial charge on any atom is 0.243 e. The van der Waals surface area contributed by atoms with Crippen LogP contribution >= 0.6 is 7.94 Å². The molecule has 0 radical (unpaired) electrons. The first-order valence-corrected chi connectivity index (χ1v) is 9.35. The summed E-state index contributed by atoms with van der Waals surface area (Å²) in [6, 6.07) is 0. The topological polar surface area (TPSA) is 61.8 Å². The zero-order valence-corrected chi connectivity index (χ0v) is 15.1. The van der Waals surface area contributed by atoms with Crippen molar-refractivity contribution in [3.63, 3.8) is 0 Å². The highest BCUT2D eigenvalue weighted by atomic mass is 31.2. The summed E-state index contributed by atoms with van der Waals surface area (Å²) in [4.78, 5) is 27.5. The van der Waals surface area contributed by atoms with Crippen molar-refractivity contribution in [2.45, 2.75) is 71.7 Å². The minimum atomic E-state index is -3.26. The van der Waals surface area contributed by atoms with Crippen LogP contribution in [0.1, 0.15) is 54.9 Å². The summed E-state index contributed by atoms with van der Waals surface area (Å²) in [7, 11) is -3.26. The van der Waals surface area contributed by atoms with Gasteiger partial charge in [-0.1, -0.05) is 0 Å². The van der Waals surface area contributed by atoms with Gasteiger partial charge in [0, 0.05) is 19.5 Å². The molecular weight excluding hydrogens is 289 g/mol. The van der Waals surface area contributed by atoms with Crippen LogP contribution in [0, 0.1) is 5.41 Å². The zero-order chi connectivity index (χ0) is 16.3. The molecule has 1 amide bonds. The van der Waals surface area contributed by atoms with E-state index < -0.39 is 24.6 Å². The van der Waals surface area contributed by atoms with E-state index in [1.807, 2.05) is 48.5 Å². The maximum absolute atomic E-state index is 13.1. The Kier molecular flexibility index (Phi) is 3.99. The lowest BCUT2D eigenvalue weighted by atomic mass is 9.90. The third-order valence-electron chi connectivity index (χ3n) is 5.27. The van der Waals surface area contributed by atoms with Crippen LogP contribution in [0.5, 0.6) is 0 Å². The Hall–Kier alpha value is -0.220. The molecule has 0 aromatic carbocycles. The van der Waals surface area contributed by atoms with Crippen LogP contribution in [0.25, 0.3) is 0 Å². The highest BCUT2D eigenvalue weighted by Gasteiger charge is 2.75. The van der Waals surface area contributed by atoms with Crippen LogP contribution in [0.3, 0.4) is 0 Å². The minimum Gasteiger partial charge on any atom is -0.631 e. The Labute approximate surface area is 128 Å². The van der Waals surface area contributed by atoms with Crippen LogP contribution in [-0.4, -0.2) is 40.8 Å². The Morgan fingerprint density at radius 3 is 1.95 bits per heavy atom. The summed E-state index contributed by atoms with van der Waals surface area (Å²) < 4.78 is 11.7. The summed E-state index contributed by atoms with van der Waals surface area (Å²) in [6.45, 7) is 14.7. The predicted octanol–water partition coefficient (Wildman–Crippen LogP) is 2.36. The van der Waals surface area contributed by atoms with Crippen molar-refractivity contribution in [1.82, 2.24) is 4.90 Å². The van der Waals surface area contributed by atoms with Crippen LogP contribution < -0.4 is 4.89 Å². The lowest BCUT2D eigenvalue weighted by Gasteiger charge is -2.27. The quantitative estimate of drug-likeness (QED) is 0.747. The number of amides is 1. The summed E-state index contributed by atoms with van der Waals surface area (Å²) in [5, 5.41) is 0. The number of rotatable bonds is 4. The van der Waals surface area contributed by atoms with Crippen LogP contribution in [0.15, 0.2) is 0 Å². The second-order valence-corrected chi connectivity index (χ2v) is 9.43. The van der Waals surface area contributed by atoms with E-state index in [0.29, 0.717) is 19.5 Å². The van der Waals surface area contributed by atoms with E-state index in [4.69, 9.17) is 9.05 Å². The van der Waals surface area contributed by atoms with Crippen molar-refractivity contribution in [2.75, 3.05) is 13.1 Å². The molecule has 1 heterocycles. The molecule has 0 aromatic rings. The molecule has 0 N–H and O–H groups in total. The normalized spacial score (nSPS) is 35.5. The summed E-state index contributed by atoms with van der Waals surface area (Å²) in [5.41, 5.74) is -2.17. The SMILES string of the molecule is CCN(CC)C(=O)[C@@]1(C)C[C@@H]1[P+]1([O-])OC(C)(C)C(C)(C)O1. The van der Waals surface area contributed by atoms with E-state index in [1.165, 1.54) is 0 Å². The zero-order valence-electron chi connectivity index (χ0n) is 14.2. The van der Waals surface area contributed by atoms with Crippen molar-refractivity contribution < 1.29 is 18.7 Å². The third kappa shape index (κ3) is 2.52. The van der Waals surface area contributed by atoms with E-state index in [1.54, 1.807) is 4.90 Å². The number of carbonyl (C=O) groups excluding carboxylic acids is 1. The Bertz CT molecular complexity index is 431. The highest BCUT2D eigenvalue weighted by molar-refractivity contribution is 7.60. The van der Waals surface area contributed by atoms with E-state index in [0.717, 1.165) is 0 Å². The van der Waals surface area contributed by atoms with Crippen molar-refractivity contribution in [2.24, 2.45) is 5.41 Å². The molecule has 2 aliphatic rings. The fourth-order valence-corrected chi connectivity index (χ4v) is 6.32. The van der Waals surface area contributed by atoms with Gasteiger partial charge in [-0.15, -0.1) is 0 Å². The Morgan fingerprint density at radius 2 is 1.57 bits per heavy atom. The predicted molar refractivity (Wildman–Crippen MR) is 81.7 cm³/mol. The van der Waals surface area contributed by atoms with Gasteiger partial charge in [0.15, 0.2) is 0 Å². The van der Waals surface area contributed by atoms with E-state index in [2.05, 4.69) is 0 Å². The van der Waals surface area contributed by atoms with E-state index in [9.17, 15) is 9.69 Å². The lowest BCUT2D eigenvalue weighted by molar-refractivity contribution is -0.213. The van der Waals surface area contributed by atoms with Gasteiger partial charge in [-0.05, 0) is 48.5 Å². The highest BCUT2D eigenvalue weighted by Crippen LogP contribution is 2.79. The number of carbonyl (C=O) groups is 1. The molecule has 1 aliphatic carbocycles. The molecule has 2 fully saturated rings. The van der Waals surface area contributed by atoms with Gasteiger partial charge < -0.3 is 9.79 Å². The molecule has 1 saturated carbocycles. The first kappa shape index (κ1) is 17.1. The fraction of sp³-hybridized carbons (Fsp3) is 0.933. The average molecular weight is 317 g/mol. The molecule has 1 aliphatic heterocycles. The van der Waals surface area contributed by atoms with E-state index in [-0.39, 0.29) is 11.6 Å². The van der Waals surface area contributed by atoms with E-state index >= 15 is 0 Å². The lowest BCUT2D eigenvalue weighted by Crippen LogP contribution is -2.41. The number of hydrogen-bond donors (Lipinski definition) is 0. The largest absolute Gasteiger partial charge is 0.631 e. The summed E-state index contributed by atoms with van der Waals surface area (Å²) >= 11 is 0. The molecule has 0 unspecified atom stereocenters. The standard InChI is InChI=1S/C15H28NO4P/c1-8-16(9-2)12(17)15(7)10-11(15)21(18)19-13(3,4)14(5,6)20-21/h11H,8-10H2,1-7H3/t11-,15-/m0/s1. The summed E-state index contributed by atoms with van der Waals surface area (Å²) in [6.07, 6.45) is 0.575. The van der Waals surface area contributed by atoms with Gasteiger partial charge in [-0.2, -0.15) is 0 Å². The molecule has 0 spiro atoms. The minimum absolute atomic E-state index is 0.0578. The molecule has 122 valence electrons. The van der Waals surface area contributed by atoms with Gasteiger partial charge in [0.2, 0.25) is 13.9 Å². The van der Waals surface area contributed by atoms with Crippen molar-refractivity contribution in [3.05, 3.63) is 0 Å². The second-order valence-electron chi connectivity index (χ2n) is 7.36. The van der Waals surface area contributed by atoms with Gasteiger partial charge >= 0.3 is 0 Å². The molecule has 2 atom stereocenters. The first-order valence-electron chi connectivity index (χ1n) is 7.74. The number of nitrogens with zero attached hydrogens (tertiary/aromatic N) is 1. The fourth-order valence-electron chi connectivity index (χ4n) is 2.91. The van der Waals surface area contributed by atoms with Gasteiger partial charge in [-0.3, -0.25) is 4.79 Å². The smallest absolute Gasteiger partial charge is 0.243 e. The molecule has 1 saturated heterocycles. The van der Waals surface area contributed by atoms with Gasteiger partial charge in [0.1, 0.15) is 16.9 Å². The first-order chi connectivity index (χ1) is 9.43. The van der Waals surface area contributed by atoms with Crippen LogP contribution in [0.2, 0.25) is 0 Å². The maximum atomic E-state index is 13.1. The third-order valence-corrected chi connectivity index (χ3v) is 8.21. The van der Waals surface area contributed by atoms with Crippen molar-refractivity contribution >= 4 is 13.9 Å². The van der Waals surface area contributed by atoms with Gasteiger partial charge in [-0.25, -0.2) is 9.05 Å². The molecule has 0 bridgehead atoms. The molecular formula is C15H28NO4P. The van der Waals surface area contributed by atoms with Crippen LogP contribution in [0.4, 0.5) is 0 Å². The molecule has 2 rings (SSSR count). The van der Waals surface area contributed by atoms with Crippen molar-refractivity contribution in [1.29, 1.82) is 0 Å². The van der Waals surface area contributed by atoms with Gasteiger partial charge in [0.25, 0.3) is 0 Å². The number of hydrogen-bond acceptors (Lipinski definition) is 4. The van der Waals surface area contributed by atoms with Crippen LogP contribution in [-0.2, 0) is 13.8 Å². The monoisotopic (exact) mass is 317 g/mol. The average Bonchev–Trinajstić information content (AvgIpc) is 2.99. The Balaban J connectivity index is 2.18. The molecule has 21 heavy (non-hydrogen) atoms. The molecule has 0 aromatic heterocycles. The molecule has 5 nitrogen and oxygen atoms in total. The Morgan fingerprint density at radius 1 is 1.14 bits per heavy atom. The molecule has 6 heteroatoms.